The van der Waals surface area contributed by atoms with Crippen molar-refractivity contribution in [2.75, 3.05) is 46.3 Å². The number of piperidine rings is 1. The molecule has 3 rings (SSSR count). The number of methoxy groups -OCH3 is 3. The molecule has 0 radical (unpaired) electrons. The molecule has 0 bridgehead atoms. The van der Waals surface area contributed by atoms with Crippen LogP contribution in [0.3, 0.4) is 0 Å². The summed E-state index contributed by atoms with van der Waals surface area (Å²) in [4.78, 5) is 26.8. The molecular formula is C24H31N3O5. The van der Waals surface area contributed by atoms with E-state index in [1.165, 1.54) is 0 Å². The summed E-state index contributed by atoms with van der Waals surface area (Å²) < 4.78 is 15.8. The summed E-state index contributed by atoms with van der Waals surface area (Å²) in [6.45, 7) is 1.91. The Hall–Kier alpha value is -3.42. The zero-order valence-electron chi connectivity index (χ0n) is 18.8. The summed E-state index contributed by atoms with van der Waals surface area (Å²) >= 11 is 0. The molecule has 0 aliphatic carbocycles. The van der Waals surface area contributed by atoms with Gasteiger partial charge in [-0.2, -0.15) is 0 Å². The summed E-state index contributed by atoms with van der Waals surface area (Å²) in [5.74, 6) is 2.19. The van der Waals surface area contributed by atoms with Crippen LogP contribution in [0.25, 0.3) is 0 Å². The van der Waals surface area contributed by atoms with E-state index in [1.807, 2.05) is 36.4 Å². The fourth-order valence-electron chi connectivity index (χ4n) is 3.78. The second-order valence-corrected chi connectivity index (χ2v) is 7.73. The van der Waals surface area contributed by atoms with Crippen LogP contribution >= 0.6 is 0 Å². The first-order valence-electron chi connectivity index (χ1n) is 10.7. The van der Waals surface area contributed by atoms with Gasteiger partial charge in [-0.25, -0.2) is 4.79 Å². The molecule has 0 aromatic heterocycles. The normalized spacial score (nSPS) is 13.9. The summed E-state index contributed by atoms with van der Waals surface area (Å²) in [6, 6.07) is 12.7. The summed E-state index contributed by atoms with van der Waals surface area (Å²) in [5, 5.41) is 5.93. The lowest BCUT2D eigenvalue weighted by molar-refractivity contribution is -0.120. The van der Waals surface area contributed by atoms with E-state index >= 15 is 0 Å². The van der Waals surface area contributed by atoms with Crippen molar-refractivity contribution >= 4 is 17.6 Å². The maximum absolute atomic E-state index is 12.6. The molecule has 8 nitrogen and oxygen atoms in total. The van der Waals surface area contributed by atoms with Crippen LogP contribution in [0, 0.1) is 5.92 Å². The lowest BCUT2D eigenvalue weighted by Gasteiger charge is -2.32. The number of rotatable bonds is 8. The van der Waals surface area contributed by atoms with Gasteiger partial charge in [-0.15, -0.1) is 0 Å². The van der Waals surface area contributed by atoms with Gasteiger partial charge in [0.1, 0.15) is 5.75 Å². The second kappa shape index (κ2) is 11.3. The molecule has 8 heteroatoms. The Balaban J connectivity index is 1.42. The minimum absolute atomic E-state index is 0.0337. The van der Waals surface area contributed by atoms with Crippen molar-refractivity contribution in [2.24, 2.45) is 5.92 Å². The van der Waals surface area contributed by atoms with E-state index in [1.54, 1.807) is 32.3 Å². The minimum Gasteiger partial charge on any atom is -0.495 e. The predicted molar refractivity (Wildman–Crippen MR) is 123 cm³/mol. The van der Waals surface area contributed by atoms with Crippen LogP contribution < -0.4 is 24.8 Å². The lowest BCUT2D eigenvalue weighted by atomic mass is 9.97. The molecule has 0 atom stereocenters. The second-order valence-electron chi connectivity index (χ2n) is 7.73. The van der Waals surface area contributed by atoms with Gasteiger partial charge >= 0.3 is 6.03 Å². The van der Waals surface area contributed by atoms with Gasteiger partial charge in [0.2, 0.25) is 5.91 Å². The van der Waals surface area contributed by atoms with E-state index in [9.17, 15) is 9.59 Å². The molecule has 1 aliphatic heterocycles. The fourth-order valence-corrected chi connectivity index (χ4v) is 3.78. The fraction of sp³-hybridized carbons (Fsp3) is 0.417. The summed E-state index contributed by atoms with van der Waals surface area (Å²) in [5.41, 5.74) is 1.52. The number of hydrogen-bond acceptors (Lipinski definition) is 5. The van der Waals surface area contributed by atoms with Gasteiger partial charge in [-0.1, -0.05) is 18.2 Å². The van der Waals surface area contributed by atoms with Crippen LogP contribution in [-0.2, 0) is 11.2 Å². The molecule has 2 aromatic rings. The zero-order valence-corrected chi connectivity index (χ0v) is 18.8. The lowest BCUT2D eigenvalue weighted by Crippen LogP contribution is -2.43. The van der Waals surface area contributed by atoms with Crippen LogP contribution in [0.1, 0.15) is 18.4 Å². The number of nitrogens with one attached hydrogen (secondary N) is 2. The molecule has 172 valence electrons. The van der Waals surface area contributed by atoms with E-state index in [0.717, 1.165) is 18.4 Å². The van der Waals surface area contributed by atoms with Crippen molar-refractivity contribution in [1.29, 1.82) is 0 Å². The number of ether oxygens (including phenoxy) is 3. The third-order valence-corrected chi connectivity index (χ3v) is 5.65. The number of carbonyl (C=O) groups excluding carboxylic acids is 2. The maximum Gasteiger partial charge on any atom is 0.321 e. The van der Waals surface area contributed by atoms with Crippen LogP contribution in [0.2, 0.25) is 0 Å². The molecule has 3 amide bonds. The van der Waals surface area contributed by atoms with Crippen molar-refractivity contribution in [3.05, 3.63) is 48.0 Å². The number of anilines is 1. The summed E-state index contributed by atoms with van der Waals surface area (Å²) in [7, 11) is 4.73. The van der Waals surface area contributed by atoms with Crippen LogP contribution in [0.15, 0.2) is 42.5 Å². The molecule has 1 fully saturated rings. The Morgan fingerprint density at radius 1 is 0.938 bits per heavy atom. The molecule has 0 spiro atoms. The van der Waals surface area contributed by atoms with Crippen LogP contribution in [0.5, 0.6) is 17.2 Å². The molecule has 2 N–H and O–H groups in total. The SMILES string of the molecule is COc1ccccc1NC(=O)N1CCC(CNC(=O)Cc2ccc(OC)c(OC)c2)CC1. The molecule has 0 saturated carbocycles. The monoisotopic (exact) mass is 441 g/mol. The highest BCUT2D eigenvalue weighted by molar-refractivity contribution is 5.91. The van der Waals surface area contributed by atoms with Gasteiger partial charge in [0, 0.05) is 19.6 Å². The van der Waals surface area contributed by atoms with Crippen molar-refractivity contribution in [1.82, 2.24) is 10.2 Å². The quantitative estimate of drug-likeness (QED) is 0.656. The van der Waals surface area contributed by atoms with E-state index in [2.05, 4.69) is 10.6 Å². The molecule has 0 unspecified atom stereocenters. The third kappa shape index (κ3) is 6.06. The first-order chi connectivity index (χ1) is 15.5. The van der Waals surface area contributed by atoms with Crippen molar-refractivity contribution in [2.45, 2.75) is 19.3 Å². The van der Waals surface area contributed by atoms with E-state index < -0.39 is 0 Å². The highest BCUT2D eigenvalue weighted by atomic mass is 16.5. The average Bonchev–Trinajstić information content (AvgIpc) is 2.83. The number of amides is 3. The minimum atomic E-state index is -0.134. The smallest absolute Gasteiger partial charge is 0.321 e. The van der Waals surface area contributed by atoms with Crippen molar-refractivity contribution in [3.63, 3.8) is 0 Å². The van der Waals surface area contributed by atoms with E-state index in [0.29, 0.717) is 48.5 Å². The number of hydrogen-bond donors (Lipinski definition) is 2. The first-order valence-corrected chi connectivity index (χ1v) is 10.7. The van der Waals surface area contributed by atoms with Gasteiger partial charge in [-0.3, -0.25) is 4.79 Å². The highest BCUT2D eigenvalue weighted by Crippen LogP contribution is 2.28. The highest BCUT2D eigenvalue weighted by Gasteiger charge is 2.23. The molecular weight excluding hydrogens is 410 g/mol. The van der Waals surface area contributed by atoms with Crippen LogP contribution in [0.4, 0.5) is 10.5 Å². The van der Waals surface area contributed by atoms with Gasteiger partial charge in [-0.05, 0) is 48.6 Å². The molecule has 1 saturated heterocycles. The average molecular weight is 442 g/mol. The van der Waals surface area contributed by atoms with Crippen LogP contribution in [-0.4, -0.2) is 57.8 Å². The largest absolute Gasteiger partial charge is 0.495 e. The Bertz CT molecular complexity index is 926. The number of nitrogens with zero attached hydrogens (tertiary/aromatic N) is 1. The Kier molecular flexibility index (Phi) is 8.19. The number of likely N-dealkylation sites (tertiary alicyclic amines) is 1. The number of para-hydroxylation sites is 2. The number of urea groups is 1. The molecule has 1 aliphatic rings. The molecule has 32 heavy (non-hydrogen) atoms. The maximum atomic E-state index is 12.6. The van der Waals surface area contributed by atoms with Crippen molar-refractivity contribution < 1.29 is 23.8 Å². The number of carbonyl (C=O) groups is 2. The van der Waals surface area contributed by atoms with Gasteiger partial charge in [0.25, 0.3) is 0 Å². The Morgan fingerprint density at radius 3 is 2.31 bits per heavy atom. The van der Waals surface area contributed by atoms with Gasteiger partial charge in [0.05, 0.1) is 33.4 Å². The van der Waals surface area contributed by atoms with E-state index in [-0.39, 0.29) is 18.4 Å². The zero-order chi connectivity index (χ0) is 22.9. The third-order valence-electron chi connectivity index (χ3n) is 5.65. The summed E-state index contributed by atoms with van der Waals surface area (Å²) in [6.07, 6.45) is 1.96. The van der Waals surface area contributed by atoms with Gasteiger partial charge < -0.3 is 29.7 Å². The molecule has 2 aromatic carbocycles. The van der Waals surface area contributed by atoms with Gasteiger partial charge in [0.15, 0.2) is 11.5 Å². The Morgan fingerprint density at radius 2 is 1.62 bits per heavy atom. The predicted octanol–water partition coefficient (Wildman–Crippen LogP) is 3.32. The first kappa shape index (κ1) is 23.2. The number of benzene rings is 2. The standard InChI is InChI=1S/C24H31N3O5/c1-30-20-7-5-4-6-19(20)26-24(29)27-12-10-17(11-13-27)16-25-23(28)15-18-8-9-21(31-2)22(14-18)32-3/h4-9,14,17H,10-13,15-16H2,1-3H3,(H,25,28)(H,26,29). The van der Waals surface area contributed by atoms with E-state index in [4.69, 9.17) is 14.2 Å². The topological polar surface area (TPSA) is 89.1 Å². The molecule has 1 heterocycles. The van der Waals surface area contributed by atoms with Crippen molar-refractivity contribution in [3.8, 4) is 17.2 Å². The Labute approximate surface area is 188 Å².